The number of pyridine rings is 1. The Bertz CT molecular complexity index is 1880. The Balaban J connectivity index is 0.00000171. The number of amides is 1. The fourth-order valence-corrected chi connectivity index (χ4v) is 8.72. The number of aromatic nitrogens is 5. The van der Waals surface area contributed by atoms with Crippen molar-refractivity contribution < 1.29 is 23.4 Å². The molecule has 3 aromatic heterocycles. The first kappa shape index (κ1) is 32.4. The second-order valence-electron chi connectivity index (χ2n) is 13.6. The number of carbonyl (C=O) groups excluding carboxylic acids is 1. The van der Waals surface area contributed by atoms with Gasteiger partial charge in [0, 0.05) is 35.3 Å². The van der Waals surface area contributed by atoms with E-state index in [4.69, 9.17) is 40.8 Å². The third-order valence-corrected chi connectivity index (χ3v) is 11.1. The first-order valence-corrected chi connectivity index (χ1v) is 18.0. The van der Waals surface area contributed by atoms with Crippen LogP contribution in [0.4, 0.5) is 15.0 Å². The number of ether oxygens (including phenoxy) is 3. The molecule has 3 saturated heterocycles. The van der Waals surface area contributed by atoms with Gasteiger partial charge in [0.1, 0.15) is 23.6 Å². The molecule has 8 heterocycles. The molecule has 49 heavy (non-hydrogen) atoms. The minimum Gasteiger partial charge on any atom is -0.461 e. The van der Waals surface area contributed by atoms with Crippen LogP contribution in [-0.2, 0) is 9.47 Å². The number of hydrogen-bond donors (Lipinski definition) is 2. The third kappa shape index (κ3) is 5.83. The number of nitrogens with zero attached hydrogens (tertiary/aromatic N) is 6. The van der Waals surface area contributed by atoms with Crippen molar-refractivity contribution in [3.8, 4) is 17.3 Å². The first-order chi connectivity index (χ1) is 24.0. The summed E-state index contributed by atoms with van der Waals surface area (Å²) in [5, 5.41) is 11.9. The van der Waals surface area contributed by atoms with Crippen molar-refractivity contribution in [2.75, 3.05) is 57.5 Å². The minimum absolute atomic E-state index is 0.0398. The standard InChI is InChI=1S/C33H36ClFN8O4.C2H6/c34-23-12-24-21(14-37-41-24)26-25(23)20-11-18(20)3-9-46-32(44)38-19-15-42(8-10-45-16-19)30-22-13-36-29(26)27(35)28(22)39-31(40-30)47-17-33-4-1-6-43(33)7-2-5-33;1-2/h12-14,18-20H,1-11,15-17H2,(H,37,41)(H,38,44);1-2H3. The highest BCUT2D eigenvalue weighted by atomic mass is 35.5. The Morgan fingerprint density at radius 1 is 1.12 bits per heavy atom. The van der Waals surface area contributed by atoms with Crippen molar-refractivity contribution in [3.63, 3.8) is 0 Å². The summed E-state index contributed by atoms with van der Waals surface area (Å²) in [7, 11) is 0. The average molecular weight is 693 g/mol. The average Bonchev–Trinajstić information content (AvgIpc) is 3.36. The number of benzene rings is 1. The topological polar surface area (TPSA) is 131 Å². The summed E-state index contributed by atoms with van der Waals surface area (Å²) in [4.78, 5) is 31.7. The Morgan fingerprint density at radius 2 is 1.96 bits per heavy atom. The van der Waals surface area contributed by atoms with Crippen LogP contribution in [0, 0.1) is 11.7 Å². The molecule has 0 spiro atoms. The van der Waals surface area contributed by atoms with Gasteiger partial charge in [-0.2, -0.15) is 15.1 Å². The smallest absolute Gasteiger partial charge is 0.407 e. The van der Waals surface area contributed by atoms with Crippen molar-refractivity contribution >= 4 is 45.3 Å². The molecule has 1 aromatic carbocycles. The van der Waals surface area contributed by atoms with Gasteiger partial charge in [-0.15, -0.1) is 0 Å². The molecule has 1 aliphatic carbocycles. The molecular weight excluding hydrogens is 651 g/mol. The molecule has 1 saturated carbocycles. The number of H-pyrrole nitrogens is 1. The van der Waals surface area contributed by atoms with E-state index in [1.54, 1.807) is 12.4 Å². The molecule has 10 rings (SSSR count). The number of anilines is 1. The maximum absolute atomic E-state index is 17.2. The lowest BCUT2D eigenvalue weighted by Gasteiger charge is -2.31. The molecule has 3 atom stereocenters. The Morgan fingerprint density at radius 3 is 2.80 bits per heavy atom. The third-order valence-electron chi connectivity index (χ3n) is 10.8. The van der Waals surface area contributed by atoms with Gasteiger partial charge in [-0.05, 0) is 75.1 Å². The first-order valence-electron chi connectivity index (χ1n) is 17.6. The summed E-state index contributed by atoms with van der Waals surface area (Å²) in [6.07, 6.45) is 8.72. The molecule has 6 bridgehead atoms. The van der Waals surface area contributed by atoms with Crippen LogP contribution in [0.1, 0.15) is 63.9 Å². The van der Waals surface area contributed by atoms with E-state index in [9.17, 15) is 4.79 Å². The second-order valence-corrected chi connectivity index (χ2v) is 14.0. The Hall–Kier alpha value is -3.81. The van der Waals surface area contributed by atoms with E-state index in [1.807, 2.05) is 24.8 Å². The van der Waals surface area contributed by atoms with Crippen LogP contribution >= 0.6 is 11.6 Å². The van der Waals surface area contributed by atoms with E-state index in [0.717, 1.165) is 56.1 Å². The van der Waals surface area contributed by atoms with Gasteiger partial charge in [-0.25, -0.2) is 9.18 Å². The number of rotatable bonds is 3. The van der Waals surface area contributed by atoms with Gasteiger partial charge in [-0.1, -0.05) is 25.4 Å². The summed E-state index contributed by atoms with van der Waals surface area (Å²) in [6.45, 7) is 8.38. The lowest BCUT2D eigenvalue weighted by molar-refractivity contribution is 0.108. The molecule has 4 aromatic rings. The number of hydrogen-bond acceptors (Lipinski definition) is 10. The molecule has 0 radical (unpaired) electrons. The molecule has 2 N–H and O–H groups in total. The quantitative estimate of drug-likeness (QED) is 0.270. The molecule has 4 fully saturated rings. The monoisotopic (exact) mass is 692 g/mol. The van der Waals surface area contributed by atoms with Crippen molar-refractivity contribution in [2.24, 2.45) is 5.92 Å². The van der Waals surface area contributed by atoms with Crippen LogP contribution in [0.25, 0.3) is 33.1 Å². The summed E-state index contributed by atoms with van der Waals surface area (Å²) in [5.74, 6) is 0.188. The molecule has 14 heteroatoms. The normalized spacial score (nSPS) is 24.7. The van der Waals surface area contributed by atoms with Gasteiger partial charge in [0.25, 0.3) is 0 Å². The largest absolute Gasteiger partial charge is 0.461 e. The Labute approximate surface area is 289 Å². The van der Waals surface area contributed by atoms with Crippen LogP contribution in [0.2, 0.25) is 5.02 Å². The van der Waals surface area contributed by atoms with Gasteiger partial charge in [0.2, 0.25) is 0 Å². The summed E-state index contributed by atoms with van der Waals surface area (Å²) in [5.41, 5.74) is 2.36. The van der Waals surface area contributed by atoms with E-state index in [0.29, 0.717) is 66.6 Å². The van der Waals surface area contributed by atoms with Crippen molar-refractivity contribution in [2.45, 2.75) is 69.9 Å². The van der Waals surface area contributed by atoms with E-state index >= 15 is 4.39 Å². The minimum atomic E-state index is -0.565. The zero-order valence-electron chi connectivity index (χ0n) is 27.9. The number of carbonyl (C=O) groups is 1. The van der Waals surface area contributed by atoms with E-state index in [-0.39, 0.29) is 47.2 Å². The number of alkyl carbamates (subject to hydrolysis) is 1. The van der Waals surface area contributed by atoms with Gasteiger partial charge in [-0.3, -0.25) is 15.0 Å². The van der Waals surface area contributed by atoms with Gasteiger partial charge in [0.15, 0.2) is 5.82 Å². The number of nitrogens with one attached hydrogen (secondary N) is 2. The summed E-state index contributed by atoms with van der Waals surface area (Å²) >= 11 is 6.94. The molecule has 5 aliphatic heterocycles. The van der Waals surface area contributed by atoms with Crippen molar-refractivity contribution in [3.05, 3.63) is 34.9 Å². The van der Waals surface area contributed by atoms with Crippen LogP contribution in [-0.4, -0.2) is 100 Å². The molecule has 12 nitrogen and oxygen atoms in total. The van der Waals surface area contributed by atoms with Gasteiger partial charge >= 0.3 is 12.1 Å². The zero-order valence-corrected chi connectivity index (χ0v) is 28.7. The van der Waals surface area contributed by atoms with Gasteiger partial charge in [0.05, 0.1) is 48.5 Å². The zero-order chi connectivity index (χ0) is 33.7. The summed E-state index contributed by atoms with van der Waals surface area (Å²) in [6, 6.07) is 1.58. The van der Waals surface area contributed by atoms with Crippen molar-refractivity contribution in [1.82, 2.24) is 35.4 Å². The van der Waals surface area contributed by atoms with Crippen LogP contribution in [0.15, 0.2) is 18.5 Å². The van der Waals surface area contributed by atoms with Crippen LogP contribution in [0.3, 0.4) is 0 Å². The maximum Gasteiger partial charge on any atom is 0.407 e. The fourth-order valence-electron chi connectivity index (χ4n) is 8.37. The number of aromatic amines is 1. The predicted octanol–water partition coefficient (Wildman–Crippen LogP) is 5.83. The van der Waals surface area contributed by atoms with Crippen LogP contribution < -0.4 is 15.0 Å². The fraction of sp³-hybridized carbons (Fsp3) is 0.571. The highest BCUT2D eigenvalue weighted by Gasteiger charge is 2.45. The SMILES string of the molecule is CC.O=C1NC2COCCN(C2)c2nc(OCC34CCCN3CCC4)nc3c(F)c(ncc23)-c2c(c(Cl)cc3[nH]ncc23)C2CC2CCO1. The molecular formula is C35H42ClFN8O4. The molecule has 3 unspecified atom stereocenters. The molecule has 260 valence electrons. The number of halogens is 2. The second kappa shape index (κ2) is 13.1. The van der Waals surface area contributed by atoms with E-state index in [1.165, 1.54) is 0 Å². The summed E-state index contributed by atoms with van der Waals surface area (Å²) < 4.78 is 35.1. The van der Waals surface area contributed by atoms with Gasteiger partial charge < -0.3 is 24.4 Å². The van der Waals surface area contributed by atoms with E-state index < -0.39 is 11.9 Å². The lowest BCUT2D eigenvalue weighted by Crippen LogP contribution is -2.45. The molecule has 1 amide bonds. The predicted molar refractivity (Wildman–Crippen MR) is 184 cm³/mol. The Kier molecular flexibility index (Phi) is 8.69. The lowest BCUT2D eigenvalue weighted by atomic mass is 9.94. The van der Waals surface area contributed by atoms with E-state index in [2.05, 4.69) is 20.4 Å². The van der Waals surface area contributed by atoms with Crippen molar-refractivity contribution in [1.29, 1.82) is 0 Å². The molecule has 6 aliphatic rings. The van der Waals surface area contributed by atoms with Crippen LogP contribution in [0.5, 0.6) is 6.01 Å². The number of fused-ring (bicyclic) bond motifs is 7. The highest BCUT2D eigenvalue weighted by Crippen LogP contribution is 2.55. The highest BCUT2D eigenvalue weighted by molar-refractivity contribution is 6.33. The maximum atomic E-state index is 17.2.